The van der Waals surface area contributed by atoms with Crippen molar-refractivity contribution >= 4 is 22.9 Å². The van der Waals surface area contributed by atoms with E-state index in [1.165, 1.54) is 25.3 Å². The summed E-state index contributed by atoms with van der Waals surface area (Å²) in [5, 5.41) is 9.40. The van der Waals surface area contributed by atoms with Crippen LogP contribution in [0, 0.1) is 11.3 Å². The van der Waals surface area contributed by atoms with E-state index < -0.39 is 17.7 Å². The van der Waals surface area contributed by atoms with Crippen molar-refractivity contribution < 1.29 is 18.7 Å². The number of fused-ring (bicyclic) bond motifs is 1. The second-order valence-electron chi connectivity index (χ2n) is 5.02. The highest BCUT2D eigenvalue weighted by Gasteiger charge is 2.27. The van der Waals surface area contributed by atoms with Gasteiger partial charge in [-0.25, -0.2) is 9.78 Å². The Balaban J connectivity index is 1.98. The summed E-state index contributed by atoms with van der Waals surface area (Å²) in [7, 11) is 1.26. The van der Waals surface area contributed by atoms with Gasteiger partial charge in [-0.05, 0) is 24.3 Å². The number of nitrogens with zero attached hydrogens (tertiary/aromatic N) is 2. The lowest BCUT2D eigenvalue weighted by molar-refractivity contribution is 0.0600. The van der Waals surface area contributed by atoms with Gasteiger partial charge >= 0.3 is 5.97 Å². The summed E-state index contributed by atoms with van der Waals surface area (Å²) in [6.45, 7) is 0. The maximum Gasteiger partial charge on any atom is 0.337 e. The van der Waals surface area contributed by atoms with E-state index >= 15 is 0 Å². The summed E-state index contributed by atoms with van der Waals surface area (Å²) >= 11 is 0. The van der Waals surface area contributed by atoms with Gasteiger partial charge in [0.2, 0.25) is 5.89 Å². The van der Waals surface area contributed by atoms with Crippen LogP contribution >= 0.6 is 0 Å². The molecule has 0 bridgehead atoms. The molecule has 0 aliphatic rings. The number of nitriles is 1. The largest absolute Gasteiger partial charge is 0.465 e. The second-order valence-corrected chi connectivity index (χ2v) is 5.02. The number of Topliss-reactive ketones (excluding diaryl/α,β-unsaturated/α-hetero) is 1. The molecule has 0 fully saturated rings. The lowest BCUT2D eigenvalue weighted by atomic mass is 9.97. The number of oxazole rings is 1. The Kier molecular flexibility index (Phi) is 4.08. The van der Waals surface area contributed by atoms with E-state index in [-0.39, 0.29) is 17.0 Å². The van der Waals surface area contributed by atoms with Crippen molar-refractivity contribution in [2.45, 2.75) is 5.92 Å². The average molecular weight is 320 g/mol. The van der Waals surface area contributed by atoms with Crippen LogP contribution in [0.5, 0.6) is 0 Å². The summed E-state index contributed by atoms with van der Waals surface area (Å²) in [6, 6.07) is 14.9. The number of benzene rings is 2. The van der Waals surface area contributed by atoms with Crippen molar-refractivity contribution in [1.29, 1.82) is 5.26 Å². The molecule has 0 spiro atoms. The molecule has 0 aliphatic heterocycles. The number of para-hydroxylation sites is 2. The van der Waals surface area contributed by atoms with E-state index in [4.69, 9.17) is 4.42 Å². The standard InChI is InChI=1S/C18H12N2O4/c1-23-18(22)12-6-4-5-11(9-12)16(21)13(10-19)17-20-14-7-2-3-8-15(14)24-17/h2-9,13H,1H3/t13-/m1/s1. The van der Waals surface area contributed by atoms with Crippen LogP contribution in [-0.2, 0) is 4.74 Å². The number of ether oxygens (including phenoxy) is 1. The van der Waals surface area contributed by atoms with Gasteiger partial charge in [-0.3, -0.25) is 4.79 Å². The zero-order chi connectivity index (χ0) is 17.1. The Bertz CT molecular complexity index is 935. The minimum atomic E-state index is -1.19. The van der Waals surface area contributed by atoms with Crippen molar-refractivity contribution in [2.75, 3.05) is 7.11 Å². The van der Waals surface area contributed by atoms with Crippen LogP contribution in [0.2, 0.25) is 0 Å². The summed E-state index contributed by atoms with van der Waals surface area (Å²) in [5.41, 5.74) is 1.53. The van der Waals surface area contributed by atoms with E-state index in [2.05, 4.69) is 9.72 Å². The molecule has 0 radical (unpaired) electrons. The molecular weight excluding hydrogens is 308 g/mol. The van der Waals surface area contributed by atoms with Gasteiger partial charge in [0.1, 0.15) is 5.52 Å². The Morgan fingerprint density at radius 2 is 1.92 bits per heavy atom. The molecule has 1 heterocycles. The number of hydrogen-bond donors (Lipinski definition) is 0. The predicted octanol–water partition coefficient (Wildman–Crippen LogP) is 3.10. The first kappa shape index (κ1) is 15.4. The summed E-state index contributed by atoms with van der Waals surface area (Å²) in [5.74, 6) is -2.20. The third-order valence-corrected chi connectivity index (χ3v) is 3.52. The van der Waals surface area contributed by atoms with Crippen LogP contribution in [0.15, 0.2) is 52.9 Å². The predicted molar refractivity (Wildman–Crippen MR) is 84.5 cm³/mol. The van der Waals surface area contributed by atoms with E-state index in [0.29, 0.717) is 11.1 Å². The number of methoxy groups -OCH3 is 1. The highest BCUT2D eigenvalue weighted by Crippen LogP contribution is 2.24. The SMILES string of the molecule is COC(=O)c1cccc(C(=O)[C@@H](C#N)c2nc3ccccc3o2)c1. The molecule has 0 aliphatic carbocycles. The monoisotopic (exact) mass is 320 g/mol. The van der Waals surface area contributed by atoms with Crippen molar-refractivity contribution in [3.8, 4) is 6.07 Å². The van der Waals surface area contributed by atoms with Gasteiger partial charge in [-0.15, -0.1) is 0 Å². The number of carbonyl (C=O) groups excluding carboxylic acids is 2. The lowest BCUT2D eigenvalue weighted by Crippen LogP contribution is -2.13. The van der Waals surface area contributed by atoms with Crippen LogP contribution in [0.4, 0.5) is 0 Å². The van der Waals surface area contributed by atoms with Gasteiger partial charge in [0.15, 0.2) is 17.3 Å². The number of carbonyl (C=O) groups is 2. The molecule has 0 unspecified atom stereocenters. The first-order chi connectivity index (χ1) is 11.6. The zero-order valence-electron chi connectivity index (χ0n) is 12.7. The van der Waals surface area contributed by atoms with Crippen LogP contribution in [-0.4, -0.2) is 23.8 Å². The van der Waals surface area contributed by atoms with E-state index in [1.807, 2.05) is 6.07 Å². The maximum absolute atomic E-state index is 12.6. The average Bonchev–Trinajstić information content (AvgIpc) is 3.05. The minimum Gasteiger partial charge on any atom is -0.465 e. The smallest absolute Gasteiger partial charge is 0.337 e. The van der Waals surface area contributed by atoms with Crippen molar-refractivity contribution in [2.24, 2.45) is 0 Å². The highest BCUT2D eigenvalue weighted by atomic mass is 16.5. The van der Waals surface area contributed by atoms with Gasteiger partial charge in [-0.2, -0.15) is 5.26 Å². The van der Waals surface area contributed by atoms with Gasteiger partial charge in [0.25, 0.3) is 0 Å². The Hall–Kier alpha value is -3.46. The van der Waals surface area contributed by atoms with E-state index in [1.54, 1.807) is 30.3 Å². The highest BCUT2D eigenvalue weighted by molar-refractivity contribution is 6.04. The van der Waals surface area contributed by atoms with Crippen molar-refractivity contribution in [3.63, 3.8) is 0 Å². The normalized spacial score (nSPS) is 11.7. The van der Waals surface area contributed by atoms with Crippen LogP contribution in [0.25, 0.3) is 11.1 Å². The molecule has 0 saturated heterocycles. The Morgan fingerprint density at radius 1 is 1.17 bits per heavy atom. The van der Waals surface area contributed by atoms with Crippen molar-refractivity contribution in [1.82, 2.24) is 4.98 Å². The van der Waals surface area contributed by atoms with E-state index in [0.717, 1.165) is 0 Å². The second kappa shape index (κ2) is 6.34. The number of hydrogen-bond acceptors (Lipinski definition) is 6. The molecule has 118 valence electrons. The molecule has 1 atom stereocenters. The molecule has 24 heavy (non-hydrogen) atoms. The van der Waals surface area contributed by atoms with Gasteiger partial charge in [-0.1, -0.05) is 24.3 Å². The molecule has 0 N–H and O–H groups in total. The van der Waals surface area contributed by atoms with Gasteiger partial charge in [0, 0.05) is 5.56 Å². The maximum atomic E-state index is 12.6. The van der Waals surface area contributed by atoms with E-state index in [9.17, 15) is 14.9 Å². The minimum absolute atomic E-state index is 0.0344. The molecule has 0 amide bonds. The third-order valence-electron chi connectivity index (χ3n) is 3.52. The fourth-order valence-corrected chi connectivity index (χ4v) is 2.32. The summed E-state index contributed by atoms with van der Waals surface area (Å²) < 4.78 is 10.2. The van der Waals surface area contributed by atoms with Crippen LogP contribution in [0.1, 0.15) is 32.5 Å². The van der Waals surface area contributed by atoms with Gasteiger partial charge < -0.3 is 9.15 Å². The molecule has 0 saturated carbocycles. The Morgan fingerprint density at radius 3 is 2.62 bits per heavy atom. The number of aromatic nitrogens is 1. The van der Waals surface area contributed by atoms with Crippen molar-refractivity contribution in [3.05, 3.63) is 65.5 Å². The zero-order valence-corrected chi connectivity index (χ0v) is 12.7. The summed E-state index contributed by atoms with van der Waals surface area (Å²) in [4.78, 5) is 28.4. The Labute approximate surface area is 137 Å². The first-order valence-electron chi connectivity index (χ1n) is 7.11. The molecule has 6 heteroatoms. The summed E-state index contributed by atoms with van der Waals surface area (Å²) in [6.07, 6.45) is 0. The quantitative estimate of drug-likeness (QED) is 0.541. The first-order valence-corrected chi connectivity index (χ1v) is 7.11. The molecule has 2 aromatic carbocycles. The topological polar surface area (TPSA) is 93.2 Å². The number of ketones is 1. The third kappa shape index (κ3) is 2.75. The number of esters is 1. The molecule has 1 aromatic heterocycles. The fourth-order valence-electron chi connectivity index (χ4n) is 2.32. The fraction of sp³-hybridized carbons (Fsp3) is 0.111. The van der Waals surface area contributed by atoms with Crippen LogP contribution in [0.3, 0.4) is 0 Å². The molecule has 3 aromatic rings. The molecule has 6 nitrogen and oxygen atoms in total. The lowest BCUT2D eigenvalue weighted by Gasteiger charge is -2.06. The number of rotatable bonds is 4. The van der Waals surface area contributed by atoms with Gasteiger partial charge in [0.05, 0.1) is 18.7 Å². The molecule has 3 rings (SSSR count). The van der Waals surface area contributed by atoms with Crippen LogP contribution < -0.4 is 0 Å². The molecular formula is C18H12N2O4.